The predicted molar refractivity (Wildman–Crippen MR) is 39.1 cm³/mol. The van der Waals surface area contributed by atoms with Crippen molar-refractivity contribution in [2.24, 2.45) is 5.73 Å². The third-order valence-electron chi connectivity index (χ3n) is 1.54. The van der Waals surface area contributed by atoms with Crippen molar-refractivity contribution in [3.63, 3.8) is 0 Å². The highest BCUT2D eigenvalue weighted by Gasteiger charge is 2.29. The molecule has 5 nitrogen and oxygen atoms in total. The number of hydrogen-bond donors (Lipinski definition) is 5. The Kier molecular flexibility index (Phi) is 5.27. The van der Waals surface area contributed by atoms with Crippen LogP contribution in [-0.4, -0.2) is 58.1 Å². The van der Waals surface area contributed by atoms with Crippen LogP contribution < -0.4 is 5.73 Å². The number of rotatable bonds is 5. The molecule has 0 aromatic carbocycles. The Morgan fingerprint density at radius 2 is 1.42 bits per heavy atom. The van der Waals surface area contributed by atoms with Gasteiger partial charge in [0.2, 0.25) is 0 Å². The number of nitrogens with two attached hydrogens (primary N) is 1. The molecule has 6 N–H and O–H groups in total. The molecule has 6 heteroatoms. The minimum absolute atomic E-state index is 0.267. The Morgan fingerprint density at radius 1 is 1.00 bits per heavy atom. The summed E-state index contributed by atoms with van der Waals surface area (Å²) in [6.07, 6.45) is -6.39. The number of hydrogen-bond acceptors (Lipinski definition) is 5. The second-order valence-corrected chi connectivity index (χ2v) is 2.51. The van der Waals surface area contributed by atoms with E-state index in [-0.39, 0.29) is 6.54 Å². The second-order valence-electron chi connectivity index (χ2n) is 2.51. The van der Waals surface area contributed by atoms with Crippen molar-refractivity contribution in [3.05, 3.63) is 0 Å². The van der Waals surface area contributed by atoms with Crippen molar-refractivity contribution in [1.29, 1.82) is 0 Å². The number of aliphatic hydroxyl groups is 4. The fourth-order valence-electron chi connectivity index (χ4n) is 0.686. The number of alkyl halides is 1. The van der Waals surface area contributed by atoms with E-state index >= 15 is 0 Å². The molecule has 0 fully saturated rings. The van der Waals surface area contributed by atoms with Crippen molar-refractivity contribution in [2.75, 3.05) is 13.2 Å². The Morgan fingerprint density at radius 3 is 1.75 bits per heavy atom. The Labute approximate surface area is 69.2 Å². The summed E-state index contributed by atoms with van der Waals surface area (Å²) in [4.78, 5) is 0. The van der Waals surface area contributed by atoms with Gasteiger partial charge in [0.1, 0.15) is 25.0 Å². The molecule has 74 valence electrons. The van der Waals surface area contributed by atoms with Gasteiger partial charge in [0.25, 0.3) is 0 Å². The van der Waals surface area contributed by atoms with E-state index in [1.165, 1.54) is 0 Å². The minimum Gasteiger partial charge on any atom is -0.389 e. The lowest BCUT2D eigenvalue weighted by Crippen LogP contribution is -2.47. The van der Waals surface area contributed by atoms with Crippen molar-refractivity contribution in [3.8, 4) is 0 Å². The first-order valence-electron chi connectivity index (χ1n) is 3.52. The summed E-state index contributed by atoms with van der Waals surface area (Å²) in [5.74, 6) is 0. The maximum absolute atomic E-state index is 11.7. The summed E-state index contributed by atoms with van der Waals surface area (Å²) in [5.41, 5.74) is 4.96. The van der Waals surface area contributed by atoms with Gasteiger partial charge in [-0.05, 0) is 0 Å². The fourth-order valence-corrected chi connectivity index (χ4v) is 0.686. The van der Waals surface area contributed by atoms with Crippen LogP contribution in [0.15, 0.2) is 0 Å². The van der Waals surface area contributed by atoms with Gasteiger partial charge in [-0.1, -0.05) is 0 Å². The summed E-state index contributed by atoms with van der Waals surface area (Å²) in [6.45, 7) is -1.45. The van der Waals surface area contributed by atoms with Crippen molar-refractivity contribution >= 4 is 0 Å². The molecule has 0 bridgehead atoms. The SMILES string of the molecule is NCC(O)C(O)C(O)C(O)CF. The van der Waals surface area contributed by atoms with Gasteiger partial charge in [-0.3, -0.25) is 0 Å². The highest BCUT2D eigenvalue weighted by molar-refractivity contribution is 4.80. The zero-order valence-electron chi connectivity index (χ0n) is 6.47. The number of halogens is 1. The van der Waals surface area contributed by atoms with Crippen molar-refractivity contribution < 1.29 is 24.8 Å². The minimum atomic E-state index is -1.71. The third-order valence-corrected chi connectivity index (χ3v) is 1.54. The Balaban J connectivity index is 3.99. The van der Waals surface area contributed by atoms with Gasteiger partial charge < -0.3 is 26.2 Å². The lowest BCUT2D eigenvalue weighted by Gasteiger charge is -2.24. The van der Waals surface area contributed by atoms with E-state index in [9.17, 15) is 4.39 Å². The Bertz CT molecular complexity index is 112. The van der Waals surface area contributed by atoms with E-state index in [1.807, 2.05) is 0 Å². The summed E-state index contributed by atoms with van der Waals surface area (Å²) < 4.78 is 11.7. The molecule has 0 aliphatic carbocycles. The van der Waals surface area contributed by atoms with E-state index in [4.69, 9.17) is 26.2 Å². The summed E-state index contributed by atoms with van der Waals surface area (Å²) >= 11 is 0. The quantitative estimate of drug-likeness (QED) is 0.320. The molecule has 0 spiro atoms. The summed E-state index contributed by atoms with van der Waals surface area (Å²) in [5, 5.41) is 35.5. The van der Waals surface area contributed by atoms with Crippen LogP contribution in [0.5, 0.6) is 0 Å². The topological polar surface area (TPSA) is 107 Å². The molecule has 0 aromatic heterocycles. The van der Waals surface area contributed by atoms with Gasteiger partial charge in [0.05, 0.1) is 6.10 Å². The largest absolute Gasteiger partial charge is 0.389 e. The normalized spacial score (nSPS) is 21.5. The zero-order valence-corrected chi connectivity index (χ0v) is 6.47. The van der Waals surface area contributed by atoms with Crippen LogP contribution in [0.3, 0.4) is 0 Å². The molecule has 4 unspecified atom stereocenters. The molecule has 0 radical (unpaired) electrons. The van der Waals surface area contributed by atoms with Gasteiger partial charge in [-0.25, -0.2) is 4.39 Å². The maximum Gasteiger partial charge on any atom is 0.118 e. The molecule has 0 saturated carbocycles. The van der Waals surface area contributed by atoms with Gasteiger partial charge in [-0.15, -0.1) is 0 Å². The summed E-state index contributed by atoms with van der Waals surface area (Å²) in [6, 6.07) is 0. The standard InChI is InChI=1S/C6H14FNO4/c7-1-3(9)5(11)6(12)4(10)2-8/h3-6,9-12H,1-2,8H2. The Hall–Kier alpha value is -0.270. The molecule has 0 aromatic rings. The second kappa shape index (κ2) is 5.39. The average Bonchev–Trinajstić information content (AvgIpc) is 2.12. The van der Waals surface area contributed by atoms with Crippen LogP contribution in [0.1, 0.15) is 0 Å². The first kappa shape index (κ1) is 11.7. The smallest absolute Gasteiger partial charge is 0.118 e. The molecule has 0 amide bonds. The maximum atomic E-state index is 11.7. The highest BCUT2D eigenvalue weighted by atomic mass is 19.1. The van der Waals surface area contributed by atoms with Gasteiger partial charge in [0, 0.05) is 6.54 Å². The van der Waals surface area contributed by atoms with Crippen LogP contribution in [0.2, 0.25) is 0 Å². The highest BCUT2D eigenvalue weighted by Crippen LogP contribution is 2.04. The molecule has 0 aliphatic rings. The lowest BCUT2D eigenvalue weighted by molar-refractivity contribution is -0.106. The van der Waals surface area contributed by atoms with E-state index in [0.717, 1.165) is 0 Å². The molecule has 4 atom stereocenters. The van der Waals surface area contributed by atoms with Crippen molar-refractivity contribution in [1.82, 2.24) is 0 Å². The van der Waals surface area contributed by atoms with E-state index in [1.54, 1.807) is 0 Å². The van der Waals surface area contributed by atoms with Crippen molar-refractivity contribution in [2.45, 2.75) is 24.4 Å². The zero-order chi connectivity index (χ0) is 9.72. The van der Waals surface area contributed by atoms with Crippen LogP contribution in [0, 0.1) is 0 Å². The molecular weight excluding hydrogens is 169 g/mol. The van der Waals surface area contributed by atoms with Crippen LogP contribution in [-0.2, 0) is 0 Å². The van der Waals surface area contributed by atoms with E-state index < -0.39 is 31.1 Å². The van der Waals surface area contributed by atoms with Crippen LogP contribution >= 0.6 is 0 Å². The average molecular weight is 183 g/mol. The first-order valence-corrected chi connectivity index (χ1v) is 3.52. The molecule has 0 aliphatic heterocycles. The first-order chi connectivity index (χ1) is 5.54. The van der Waals surface area contributed by atoms with Gasteiger partial charge in [-0.2, -0.15) is 0 Å². The lowest BCUT2D eigenvalue weighted by atomic mass is 10.0. The molecular formula is C6H14FNO4. The third kappa shape index (κ3) is 3.00. The molecule has 0 saturated heterocycles. The van der Waals surface area contributed by atoms with Gasteiger partial charge in [0.15, 0.2) is 0 Å². The monoisotopic (exact) mass is 183 g/mol. The van der Waals surface area contributed by atoms with E-state index in [2.05, 4.69) is 0 Å². The molecule has 12 heavy (non-hydrogen) atoms. The summed E-state index contributed by atoms with van der Waals surface area (Å²) in [7, 11) is 0. The van der Waals surface area contributed by atoms with Crippen LogP contribution in [0.4, 0.5) is 4.39 Å². The number of aliphatic hydroxyl groups excluding tert-OH is 4. The fraction of sp³-hybridized carbons (Fsp3) is 1.00. The predicted octanol–water partition coefficient (Wildman–Crippen LogP) is -2.64. The molecule has 0 rings (SSSR count). The van der Waals surface area contributed by atoms with Gasteiger partial charge >= 0.3 is 0 Å². The molecule has 0 heterocycles. The van der Waals surface area contributed by atoms with E-state index in [0.29, 0.717) is 0 Å². The van der Waals surface area contributed by atoms with Crippen LogP contribution in [0.25, 0.3) is 0 Å².